The third-order valence-corrected chi connectivity index (χ3v) is 5.27. The van der Waals surface area contributed by atoms with Crippen LogP contribution in [0.4, 0.5) is 11.4 Å². The quantitative estimate of drug-likeness (QED) is 0.335. The van der Waals surface area contributed by atoms with Crippen molar-refractivity contribution in [2.24, 2.45) is 0 Å². The summed E-state index contributed by atoms with van der Waals surface area (Å²) in [6, 6.07) is 15.0. The number of carbonyl (C=O) groups excluding carboxylic acids is 2. The minimum atomic E-state index is -0.510. The Labute approximate surface area is 170 Å². The standard InChI is InChI=1S/C19H15N3O4S2/c23-17(20-14-6-8-15(9-7-14)22(25)26)10-11-21-18(24)16(28-19(21)27)12-13-4-2-1-3-5-13/h1-9,12H,10-11H2,(H,20,23). The van der Waals surface area contributed by atoms with E-state index in [1.165, 1.54) is 40.9 Å². The number of nitro groups is 1. The number of anilines is 1. The summed E-state index contributed by atoms with van der Waals surface area (Å²) in [5, 5.41) is 13.3. The summed E-state index contributed by atoms with van der Waals surface area (Å²) < 4.78 is 0.412. The van der Waals surface area contributed by atoms with E-state index >= 15 is 0 Å². The minimum Gasteiger partial charge on any atom is -0.326 e. The zero-order valence-electron chi connectivity index (χ0n) is 14.5. The third kappa shape index (κ3) is 4.81. The summed E-state index contributed by atoms with van der Waals surface area (Å²) in [5.41, 5.74) is 1.30. The molecule has 0 radical (unpaired) electrons. The number of nitrogens with zero attached hydrogens (tertiary/aromatic N) is 2. The number of thioether (sulfide) groups is 1. The van der Waals surface area contributed by atoms with Crippen LogP contribution in [0.1, 0.15) is 12.0 Å². The van der Waals surface area contributed by atoms with E-state index < -0.39 is 4.92 Å². The van der Waals surface area contributed by atoms with E-state index in [4.69, 9.17) is 12.2 Å². The molecule has 0 atom stereocenters. The second-order valence-electron chi connectivity index (χ2n) is 5.85. The lowest BCUT2D eigenvalue weighted by Gasteiger charge is -2.14. The lowest BCUT2D eigenvalue weighted by molar-refractivity contribution is -0.384. The van der Waals surface area contributed by atoms with Gasteiger partial charge in [-0.05, 0) is 23.8 Å². The largest absolute Gasteiger partial charge is 0.326 e. The fourth-order valence-corrected chi connectivity index (χ4v) is 3.81. The molecule has 2 amide bonds. The summed E-state index contributed by atoms with van der Waals surface area (Å²) in [6.07, 6.45) is 1.83. The number of thiocarbonyl (C=S) groups is 1. The number of nitro benzene ring substituents is 1. The van der Waals surface area contributed by atoms with Crippen molar-refractivity contribution in [3.8, 4) is 0 Å². The number of hydrogen-bond acceptors (Lipinski definition) is 6. The molecule has 0 aliphatic carbocycles. The van der Waals surface area contributed by atoms with Crippen molar-refractivity contribution in [1.29, 1.82) is 0 Å². The Morgan fingerprint density at radius 2 is 1.86 bits per heavy atom. The Hall–Kier alpha value is -3.04. The van der Waals surface area contributed by atoms with Crippen LogP contribution >= 0.6 is 24.0 Å². The van der Waals surface area contributed by atoms with Gasteiger partial charge in [0, 0.05) is 30.8 Å². The van der Waals surface area contributed by atoms with E-state index in [1.54, 1.807) is 6.08 Å². The Morgan fingerprint density at radius 1 is 1.18 bits per heavy atom. The maximum Gasteiger partial charge on any atom is 0.269 e. The maximum atomic E-state index is 12.5. The molecule has 1 aliphatic heterocycles. The van der Waals surface area contributed by atoms with Crippen LogP contribution in [-0.2, 0) is 9.59 Å². The molecular formula is C19H15N3O4S2. The minimum absolute atomic E-state index is 0.0548. The molecule has 2 aromatic rings. The highest BCUT2D eigenvalue weighted by molar-refractivity contribution is 8.26. The van der Waals surface area contributed by atoms with Crippen LogP contribution in [0.5, 0.6) is 0 Å². The van der Waals surface area contributed by atoms with Crippen LogP contribution < -0.4 is 5.32 Å². The van der Waals surface area contributed by atoms with Crippen LogP contribution in [-0.4, -0.2) is 32.5 Å². The molecule has 0 aromatic heterocycles. The average Bonchev–Trinajstić information content (AvgIpc) is 2.94. The molecule has 7 nitrogen and oxygen atoms in total. The fourth-order valence-electron chi connectivity index (χ4n) is 2.50. The predicted octanol–water partition coefficient (Wildman–Crippen LogP) is 3.82. The summed E-state index contributed by atoms with van der Waals surface area (Å²) >= 11 is 6.47. The zero-order chi connectivity index (χ0) is 20.1. The molecule has 3 rings (SSSR count). The van der Waals surface area contributed by atoms with Crippen LogP contribution in [0.2, 0.25) is 0 Å². The van der Waals surface area contributed by atoms with Crippen molar-refractivity contribution in [2.45, 2.75) is 6.42 Å². The molecule has 0 bridgehead atoms. The topological polar surface area (TPSA) is 92.6 Å². The SMILES string of the molecule is O=C(CCN1C(=O)C(=Cc2ccccc2)SC1=S)Nc1ccc([N+](=O)[O-])cc1. The fraction of sp³-hybridized carbons (Fsp3) is 0.105. The summed E-state index contributed by atoms with van der Waals surface area (Å²) in [6.45, 7) is 0.162. The van der Waals surface area contributed by atoms with Crippen molar-refractivity contribution in [1.82, 2.24) is 4.90 Å². The van der Waals surface area contributed by atoms with E-state index in [0.717, 1.165) is 5.56 Å². The Bertz CT molecular complexity index is 959. The molecule has 28 heavy (non-hydrogen) atoms. The lowest BCUT2D eigenvalue weighted by Crippen LogP contribution is -2.31. The van der Waals surface area contributed by atoms with Crippen molar-refractivity contribution in [2.75, 3.05) is 11.9 Å². The maximum absolute atomic E-state index is 12.5. The van der Waals surface area contributed by atoms with Gasteiger partial charge in [-0.25, -0.2) is 0 Å². The van der Waals surface area contributed by atoms with E-state index in [1.807, 2.05) is 30.3 Å². The molecule has 1 heterocycles. The molecule has 1 saturated heterocycles. The number of non-ortho nitro benzene ring substituents is 1. The van der Waals surface area contributed by atoms with Gasteiger partial charge >= 0.3 is 0 Å². The zero-order valence-corrected chi connectivity index (χ0v) is 16.2. The van der Waals surface area contributed by atoms with Gasteiger partial charge in [-0.3, -0.25) is 24.6 Å². The molecular weight excluding hydrogens is 398 g/mol. The number of amides is 2. The molecule has 9 heteroatoms. The van der Waals surface area contributed by atoms with Gasteiger partial charge in [0.15, 0.2) is 0 Å². The summed E-state index contributed by atoms with van der Waals surface area (Å²) in [7, 11) is 0. The number of benzene rings is 2. The van der Waals surface area contributed by atoms with Gasteiger partial charge in [-0.1, -0.05) is 54.3 Å². The van der Waals surface area contributed by atoms with Gasteiger partial charge in [0.25, 0.3) is 11.6 Å². The molecule has 1 aliphatic rings. The monoisotopic (exact) mass is 413 g/mol. The van der Waals surface area contributed by atoms with E-state index in [2.05, 4.69) is 5.32 Å². The highest BCUT2D eigenvalue weighted by Gasteiger charge is 2.32. The first kappa shape index (κ1) is 19.7. The molecule has 1 N–H and O–H groups in total. The van der Waals surface area contributed by atoms with Crippen molar-refractivity contribution in [3.05, 3.63) is 75.2 Å². The lowest BCUT2D eigenvalue weighted by atomic mass is 10.2. The average molecular weight is 413 g/mol. The van der Waals surface area contributed by atoms with Gasteiger partial charge in [0.05, 0.1) is 9.83 Å². The molecule has 0 saturated carbocycles. The van der Waals surface area contributed by atoms with Gasteiger partial charge in [0.1, 0.15) is 4.32 Å². The normalized spacial score (nSPS) is 15.1. The Balaban J connectivity index is 1.57. The first-order chi connectivity index (χ1) is 13.4. The van der Waals surface area contributed by atoms with Crippen LogP contribution in [0.3, 0.4) is 0 Å². The van der Waals surface area contributed by atoms with E-state index in [0.29, 0.717) is 14.9 Å². The van der Waals surface area contributed by atoms with Crippen molar-refractivity contribution >= 4 is 57.6 Å². The van der Waals surface area contributed by atoms with Crippen molar-refractivity contribution in [3.63, 3.8) is 0 Å². The molecule has 142 valence electrons. The third-order valence-electron chi connectivity index (χ3n) is 3.90. The van der Waals surface area contributed by atoms with Crippen LogP contribution in [0, 0.1) is 10.1 Å². The first-order valence-electron chi connectivity index (χ1n) is 8.29. The summed E-state index contributed by atoms with van der Waals surface area (Å²) in [4.78, 5) is 36.7. The predicted molar refractivity (Wildman–Crippen MR) is 113 cm³/mol. The highest BCUT2D eigenvalue weighted by atomic mass is 32.2. The number of hydrogen-bond donors (Lipinski definition) is 1. The second kappa shape index (κ2) is 8.77. The molecule has 0 unspecified atom stereocenters. The van der Waals surface area contributed by atoms with Gasteiger partial charge < -0.3 is 5.32 Å². The smallest absolute Gasteiger partial charge is 0.269 e. The number of carbonyl (C=O) groups is 2. The Kier molecular flexibility index (Phi) is 6.17. The molecule has 0 spiro atoms. The number of nitrogens with one attached hydrogen (secondary N) is 1. The van der Waals surface area contributed by atoms with E-state index in [9.17, 15) is 19.7 Å². The molecule has 2 aromatic carbocycles. The van der Waals surface area contributed by atoms with Gasteiger partial charge in [0.2, 0.25) is 5.91 Å². The molecule has 1 fully saturated rings. The highest BCUT2D eigenvalue weighted by Crippen LogP contribution is 2.32. The van der Waals surface area contributed by atoms with Gasteiger partial charge in [-0.2, -0.15) is 0 Å². The second-order valence-corrected chi connectivity index (χ2v) is 7.52. The number of rotatable bonds is 6. The Morgan fingerprint density at radius 3 is 2.50 bits per heavy atom. The first-order valence-corrected chi connectivity index (χ1v) is 9.51. The van der Waals surface area contributed by atoms with Gasteiger partial charge in [-0.15, -0.1) is 0 Å². The van der Waals surface area contributed by atoms with E-state index in [-0.39, 0.29) is 30.5 Å². The van der Waals surface area contributed by atoms with Crippen molar-refractivity contribution < 1.29 is 14.5 Å². The van der Waals surface area contributed by atoms with Crippen LogP contribution in [0.15, 0.2) is 59.5 Å². The van der Waals surface area contributed by atoms with Crippen LogP contribution in [0.25, 0.3) is 6.08 Å². The summed E-state index contributed by atoms with van der Waals surface area (Å²) in [5.74, 6) is -0.531.